The van der Waals surface area contributed by atoms with Crippen LogP contribution in [0.3, 0.4) is 0 Å². The van der Waals surface area contributed by atoms with Crippen molar-refractivity contribution in [2.24, 2.45) is 0 Å². The van der Waals surface area contributed by atoms with Crippen LogP contribution in [-0.4, -0.2) is 22.8 Å². The predicted octanol–water partition coefficient (Wildman–Crippen LogP) is 4.30. The van der Waals surface area contributed by atoms with Crippen molar-refractivity contribution in [2.75, 3.05) is 0 Å². The Labute approximate surface area is 137 Å². The molecule has 1 rings (SSSR count). The molecule has 0 amide bonds. The van der Waals surface area contributed by atoms with Crippen molar-refractivity contribution in [3.05, 3.63) is 35.4 Å². The summed E-state index contributed by atoms with van der Waals surface area (Å²) >= 11 is 0. The average Bonchev–Trinajstić information content (AvgIpc) is 2.44. The molecule has 2 N–H and O–H groups in total. The van der Waals surface area contributed by atoms with Gasteiger partial charge in [-0.3, -0.25) is 0 Å². The second-order valence-corrected chi connectivity index (χ2v) is 5.98. The molecule has 0 saturated carbocycles. The molecule has 3 nitrogen and oxygen atoms in total. The van der Waals surface area contributed by atoms with Crippen LogP contribution in [0.25, 0.3) is 0 Å². The van der Waals surface area contributed by atoms with Gasteiger partial charge < -0.3 is 14.9 Å². The molecule has 5 heteroatoms. The summed E-state index contributed by atoms with van der Waals surface area (Å²) in [5.41, 5.74) is 0.455. The minimum Gasteiger partial charge on any atom is -0.346 e. The largest absolute Gasteiger partial charge is 0.346 e. The molecule has 0 radical (unpaired) electrons. The lowest BCUT2D eigenvalue weighted by molar-refractivity contribution is -0.256. The Morgan fingerprint density at radius 1 is 0.913 bits per heavy atom. The fourth-order valence-corrected chi connectivity index (χ4v) is 2.71. The van der Waals surface area contributed by atoms with Gasteiger partial charge in [0.2, 0.25) is 0 Å². The number of ether oxygens (including phenoxy) is 1. The van der Waals surface area contributed by atoms with E-state index < -0.39 is 24.2 Å². The summed E-state index contributed by atoms with van der Waals surface area (Å²) in [5, 5.41) is 18.0. The van der Waals surface area contributed by atoms with E-state index in [-0.39, 0.29) is 6.42 Å². The van der Waals surface area contributed by atoms with Crippen LogP contribution in [0.1, 0.15) is 63.9 Å². The van der Waals surface area contributed by atoms with E-state index in [9.17, 15) is 8.78 Å². The molecule has 1 aromatic rings. The molecule has 1 atom stereocenters. The van der Waals surface area contributed by atoms with E-state index in [1.54, 1.807) is 0 Å². The number of unbranched alkanes of at least 4 members (excludes halogenated alkanes) is 6. The Bertz CT molecular complexity index is 418. The molecule has 132 valence electrons. The fourth-order valence-electron chi connectivity index (χ4n) is 2.71. The van der Waals surface area contributed by atoms with Crippen LogP contribution in [0.2, 0.25) is 0 Å². The molecule has 0 spiro atoms. The highest BCUT2D eigenvalue weighted by Crippen LogP contribution is 2.17. The molecule has 1 aromatic carbocycles. The summed E-state index contributed by atoms with van der Waals surface area (Å²) in [6.45, 7) is 0.306. The third-order valence-corrected chi connectivity index (χ3v) is 3.83. The van der Waals surface area contributed by atoms with E-state index in [1.165, 1.54) is 37.8 Å². The van der Waals surface area contributed by atoms with Crippen LogP contribution in [0.15, 0.2) is 18.2 Å². The number of hydrogen-bond acceptors (Lipinski definition) is 3. The van der Waals surface area contributed by atoms with E-state index in [4.69, 9.17) is 14.9 Å². The number of rotatable bonds is 12. The maximum absolute atomic E-state index is 13.2. The third kappa shape index (κ3) is 9.64. The summed E-state index contributed by atoms with van der Waals surface area (Å²) in [7, 11) is 0. The standard InChI is InChI=1S/C18H28F2O3/c1-2-3-4-5-6-7-8-9-17(23-18(21)22)12-14-10-15(19)13-16(20)11-14/h10-11,13,17-18,21-22H,2-9,12H2,1H3. The number of hydrogen-bond donors (Lipinski definition) is 2. The smallest absolute Gasteiger partial charge is 0.266 e. The zero-order chi connectivity index (χ0) is 17.1. The second-order valence-electron chi connectivity index (χ2n) is 5.98. The maximum Gasteiger partial charge on any atom is 0.266 e. The van der Waals surface area contributed by atoms with Gasteiger partial charge in [0.25, 0.3) is 6.48 Å². The minimum atomic E-state index is -1.87. The van der Waals surface area contributed by atoms with Crippen LogP contribution in [-0.2, 0) is 11.2 Å². The number of benzene rings is 1. The molecule has 0 aliphatic carbocycles. The van der Waals surface area contributed by atoms with Gasteiger partial charge in [0.1, 0.15) is 11.6 Å². The summed E-state index contributed by atoms with van der Waals surface area (Å²) in [5.74, 6) is -1.28. The Balaban J connectivity index is 2.40. The Morgan fingerprint density at radius 2 is 1.48 bits per heavy atom. The normalized spacial score (nSPS) is 12.8. The zero-order valence-corrected chi connectivity index (χ0v) is 13.8. The van der Waals surface area contributed by atoms with Crippen molar-refractivity contribution in [2.45, 2.75) is 77.3 Å². The first kappa shape index (κ1) is 20.0. The van der Waals surface area contributed by atoms with E-state index in [0.717, 1.165) is 25.3 Å². The fraction of sp³-hybridized carbons (Fsp3) is 0.667. The van der Waals surface area contributed by atoms with Crippen LogP contribution in [0.4, 0.5) is 8.78 Å². The summed E-state index contributed by atoms with van der Waals surface area (Å²) < 4.78 is 31.5. The van der Waals surface area contributed by atoms with Gasteiger partial charge in [0.15, 0.2) is 0 Å². The number of halogens is 2. The lowest BCUT2D eigenvalue weighted by Crippen LogP contribution is -2.23. The first-order valence-corrected chi connectivity index (χ1v) is 8.47. The van der Waals surface area contributed by atoms with Crippen LogP contribution >= 0.6 is 0 Å². The molecular formula is C18H28F2O3. The predicted molar refractivity (Wildman–Crippen MR) is 85.8 cm³/mol. The SMILES string of the molecule is CCCCCCCCCC(Cc1cc(F)cc(F)c1)OC(O)O. The van der Waals surface area contributed by atoms with Crippen LogP contribution in [0, 0.1) is 11.6 Å². The molecule has 0 aliphatic heterocycles. The molecule has 0 fully saturated rings. The Kier molecular flexibility index (Phi) is 9.99. The molecule has 0 aliphatic rings. The lowest BCUT2D eigenvalue weighted by atomic mass is 10.0. The van der Waals surface area contributed by atoms with Crippen LogP contribution in [0.5, 0.6) is 0 Å². The van der Waals surface area contributed by atoms with Crippen molar-refractivity contribution in [3.8, 4) is 0 Å². The van der Waals surface area contributed by atoms with E-state index in [2.05, 4.69) is 6.92 Å². The van der Waals surface area contributed by atoms with Gasteiger partial charge in [0, 0.05) is 6.07 Å². The lowest BCUT2D eigenvalue weighted by Gasteiger charge is -2.19. The monoisotopic (exact) mass is 330 g/mol. The molecule has 1 unspecified atom stereocenters. The van der Waals surface area contributed by atoms with Gasteiger partial charge in [-0.2, -0.15) is 0 Å². The molecule has 0 saturated heterocycles. The summed E-state index contributed by atoms with van der Waals surface area (Å²) in [6.07, 6.45) is 8.42. The summed E-state index contributed by atoms with van der Waals surface area (Å²) in [4.78, 5) is 0. The molecule has 0 heterocycles. The highest BCUT2D eigenvalue weighted by atomic mass is 19.1. The van der Waals surface area contributed by atoms with Gasteiger partial charge in [-0.15, -0.1) is 0 Å². The van der Waals surface area contributed by atoms with Gasteiger partial charge >= 0.3 is 0 Å². The third-order valence-electron chi connectivity index (χ3n) is 3.83. The number of aliphatic hydroxyl groups is 2. The highest BCUT2D eigenvalue weighted by Gasteiger charge is 2.15. The van der Waals surface area contributed by atoms with Gasteiger partial charge in [-0.05, 0) is 30.5 Å². The topological polar surface area (TPSA) is 49.7 Å². The highest BCUT2D eigenvalue weighted by molar-refractivity contribution is 5.18. The average molecular weight is 330 g/mol. The van der Waals surface area contributed by atoms with Gasteiger partial charge in [-0.25, -0.2) is 8.78 Å². The number of aliphatic hydroxyl groups excluding tert-OH is 1. The Morgan fingerprint density at radius 3 is 2.04 bits per heavy atom. The minimum absolute atomic E-state index is 0.252. The van der Waals surface area contributed by atoms with Crippen molar-refractivity contribution < 1.29 is 23.7 Å². The second kappa shape index (κ2) is 11.5. The van der Waals surface area contributed by atoms with Gasteiger partial charge in [0.05, 0.1) is 6.10 Å². The van der Waals surface area contributed by atoms with Crippen molar-refractivity contribution in [1.82, 2.24) is 0 Å². The van der Waals surface area contributed by atoms with Crippen molar-refractivity contribution in [3.63, 3.8) is 0 Å². The van der Waals surface area contributed by atoms with E-state index in [1.807, 2.05) is 0 Å². The molecular weight excluding hydrogens is 302 g/mol. The van der Waals surface area contributed by atoms with Crippen LogP contribution < -0.4 is 0 Å². The maximum atomic E-state index is 13.2. The molecule has 0 bridgehead atoms. The first-order chi connectivity index (χ1) is 11.0. The summed E-state index contributed by atoms with van der Waals surface area (Å²) in [6, 6.07) is 3.30. The quantitative estimate of drug-likeness (QED) is 0.444. The first-order valence-electron chi connectivity index (χ1n) is 8.47. The zero-order valence-electron chi connectivity index (χ0n) is 13.8. The molecule has 0 aromatic heterocycles. The van der Waals surface area contributed by atoms with Crippen molar-refractivity contribution in [1.29, 1.82) is 0 Å². The Hall–Kier alpha value is -1.04. The van der Waals surface area contributed by atoms with E-state index in [0.29, 0.717) is 12.0 Å². The van der Waals surface area contributed by atoms with Gasteiger partial charge in [-0.1, -0.05) is 51.9 Å². The van der Waals surface area contributed by atoms with Crippen molar-refractivity contribution >= 4 is 0 Å². The van der Waals surface area contributed by atoms with E-state index >= 15 is 0 Å². The molecule has 23 heavy (non-hydrogen) atoms.